The molecule has 1 fully saturated rings. The summed E-state index contributed by atoms with van der Waals surface area (Å²) >= 11 is 0. The number of aliphatic carboxylic acids is 1. The summed E-state index contributed by atoms with van der Waals surface area (Å²) in [6.45, 7) is 5.84. The van der Waals surface area contributed by atoms with Gasteiger partial charge in [0, 0.05) is 13.7 Å². The highest BCUT2D eigenvalue weighted by Gasteiger charge is 2.40. The number of carbonyl (C=O) groups excluding carboxylic acids is 1. The van der Waals surface area contributed by atoms with Gasteiger partial charge in [-0.05, 0) is 27.2 Å². The van der Waals surface area contributed by atoms with Crippen molar-refractivity contribution in [2.45, 2.75) is 38.8 Å². The Morgan fingerprint density at radius 2 is 2.00 bits per heavy atom. The second kappa shape index (κ2) is 5.56. The Bertz CT molecular complexity index is 323. The minimum Gasteiger partial charge on any atom is -0.481 e. The molecule has 0 bridgehead atoms. The maximum absolute atomic E-state index is 12.0. The van der Waals surface area contributed by atoms with Gasteiger partial charge >= 0.3 is 12.1 Å². The Kier molecular flexibility index (Phi) is 4.56. The number of carbonyl (C=O) groups is 2. The highest BCUT2D eigenvalue weighted by molar-refractivity contribution is 5.74. The SMILES string of the molecule is COCC1C[C@@H](C(=O)O)CN1C(=O)OC(C)(C)C. The van der Waals surface area contributed by atoms with E-state index in [2.05, 4.69) is 0 Å². The minimum atomic E-state index is -0.887. The van der Waals surface area contributed by atoms with Gasteiger partial charge in [0.25, 0.3) is 0 Å². The number of likely N-dealkylation sites (tertiary alicyclic amines) is 1. The molecular formula is C12H21NO5. The van der Waals surface area contributed by atoms with Crippen molar-refractivity contribution < 1.29 is 24.2 Å². The second-order valence-corrected chi connectivity index (χ2v) is 5.51. The maximum Gasteiger partial charge on any atom is 0.410 e. The lowest BCUT2D eigenvalue weighted by Gasteiger charge is -2.28. The van der Waals surface area contributed by atoms with Crippen molar-refractivity contribution in [1.82, 2.24) is 4.90 Å². The molecule has 0 aliphatic carbocycles. The Morgan fingerprint density at radius 3 is 2.44 bits per heavy atom. The summed E-state index contributed by atoms with van der Waals surface area (Å²) in [5.74, 6) is -1.43. The molecule has 0 saturated carbocycles. The third kappa shape index (κ3) is 3.87. The summed E-state index contributed by atoms with van der Waals surface area (Å²) in [6.07, 6.45) is -0.0733. The quantitative estimate of drug-likeness (QED) is 0.827. The van der Waals surface area contributed by atoms with Crippen LogP contribution in [0, 0.1) is 5.92 Å². The predicted molar refractivity (Wildman–Crippen MR) is 64.3 cm³/mol. The molecule has 1 heterocycles. The fourth-order valence-corrected chi connectivity index (χ4v) is 1.99. The smallest absolute Gasteiger partial charge is 0.410 e. The van der Waals surface area contributed by atoms with Crippen molar-refractivity contribution in [2.24, 2.45) is 5.92 Å². The predicted octanol–water partition coefficient (Wildman–Crippen LogP) is 1.34. The number of hydrogen-bond donors (Lipinski definition) is 1. The van der Waals surface area contributed by atoms with E-state index in [4.69, 9.17) is 14.6 Å². The topological polar surface area (TPSA) is 76.1 Å². The Morgan fingerprint density at radius 1 is 1.39 bits per heavy atom. The maximum atomic E-state index is 12.0. The van der Waals surface area contributed by atoms with Gasteiger partial charge in [-0.25, -0.2) is 4.79 Å². The van der Waals surface area contributed by atoms with Gasteiger partial charge < -0.3 is 19.5 Å². The van der Waals surface area contributed by atoms with Crippen LogP contribution in [0.1, 0.15) is 27.2 Å². The van der Waals surface area contributed by atoms with Gasteiger partial charge in [0.05, 0.1) is 18.6 Å². The Labute approximate surface area is 107 Å². The van der Waals surface area contributed by atoms with E-state index in [1.165, 1.54) is 12.0 Å². The average molecular weight is 259 g/mol. The van der Waals surface area contributed by atoms with E-state index in [0.29, 0.717) is 13.0 Å². The lowest BCUT2D eigenvalue weighted by atomic mass is 10.1. The van der Waals surface area contributed by atoms with Crippen molar-refractivity contribution in [3.8, 4) is 0 Å². The molecule has 0 aromatic carbocycles. The summed E-state index contributed by atoms with van der Waals surface area (Å²) in [5.41, 5.74) is -0.587. The van der Waals surface area contributed by atoms with Crippen LogP contribution in [-0.2, 0) is 14.3 Å². The molecule has 0 spiro atoms. The fourth-order valence-electron chi connectivity index (χ4n) is 1.99. The largest absolute Gasteiger partial charge is 0.481 e. The molecule has 1 aliphatic rings. The normalized spacial score (nSPS) is 24.1. The number of carboxylic acids is 1. The highest BCUT2D eigenvalue weighted by Crippen LogP contribution is 2.25. The van der Waals surface area contributed by atoms with E-state index in [9.17, 15) is 9.59 Å². The summed E-state index contributed by atoms with van der Waals surface area (Å²) < 4.78 is 10.3. The summed E-state index contributed by atoms with van der Waals surface area (Å²) in [7, 11) is 1.53. The summed E-state index contributed by atoms with van der Waals surface area (Å²) in [5, 5.41) is 9.01. The molecule has 0 radical (unpaired) electrons. The number of carboxylic acid groups (broad SMARTS) is 1. The standard InChI is InChI=1S/C12H21NO5/c1-12(2,3)18-11(16)13-6-8(10(14)15)5-9(13)7-17-4/h8-9H,5-7H2,1-4H3,(H,14,15)/t8-,9?/m1/s1. The van der Waals surface area contributed by atoms with E-state index in [1.807, 2.05) is 0 Å². The molecule has 1 aliphatic heterocycles. The first kappa shape index (κ1) is 14.8. The zero-order valence-corrected chi connectivity index (χ0v) is 11.3. The van der Waals surface area contributed by atoms with E-state index in [1.54, 1.807) is 20.8 Å². The van der Waals surface area contributed by atoms with E-state index >= 15 is 0 Å². The first-order chi connectivity index (χ1) is 8.24. The van der Waals surface area contributed by atoms with Crippen LogP contribution in [0.5, 0.6) is 0 Å². The van der Waals surface area contributed by atoms with Crippen molar-refractivity contribution in [3.05, 3.63) is 0 Å². The van der Waals surface area contributed by atoms with Crippen LogP contribution in [0.25, 0.3) is 0 Å². The molecule has 6 nitrogen and oxygen atoms in total. The van der Waals surface area contributed by atoms with Crippen LogP contribution in [0.15, 0.2) is 0 Å². The van der Waals surface area contributed by atoms with Crippen LogP contribution in [0.4, 0.5) is 4.79 Å². The molecule has 1 N–H and O–H groups in total. The van der Waals surface area contributed by atoms with Crippen LogP contribution < -0.4 is 0 Å². The number of methoxy groups -OCH3 is 1. The molecule has 0 aromatic heterocycles. The van der Waals surface area contributed by atoms with Gasteiger partial charge in [-0.1, -0.05) is 0 Å². The van der Waals surface area contributed by atoms with Crippen LogP contribution >= 0.6 is 0 Å². The van der Waals surface area contributed by atoms with Gasteiger partial charge in [-0.15, -0.1) is 0 Å². The molecular weight excluding hydrogens is 238 g/mol. The molecule has 6 heteroatoms. The molecule has 1 rings (SSSR count). The van der Waals surface area contributed by atoms with Crippen molar-refractivity contribution in [1.29, 1.82) is 0 Å². The first-order valence-corrected chi connectivity index (χ1v) is 5.96. The summed E-state index contributed by atoms with van der Waals surface area (Å²) in [4.78, 5) is 24.4. The Hall–Kier alpha value is -1.30. The van der Waals surface area contributed by atoms with E-state index in [0.717, 1.165) is 0 Å². The molecule has 1 saturated heterocycles. The molecule has 18 heavy (non-hydrogen) atoms. The number of ether oxygens (including phenoxy) is 2. The van der Waals surface area contributed by atoms with Crippen molar-refractivity contribution in [2.75, 3.05) is 20.3 Å². The first-order valence-electron chi connectivity index (χ1n) is 5.96. The van der Waals surface area contributed by atoms with Crippen LogP contribution in [0.2, 0.25) is 0 Å². The fraction of sp³-hybridized carbons (Fsp3) is 0.833. The Balaban J connectivity index is 2.71. The lowest BCUT2D eigenvalue weighted by Crippen LogP contribution is -2.41. The number of rotatable bonds is 3. The van der Waals surface area contributed by atoms with Gasteiger partial charge in [0.15, 0.2) is 0 Å². The molecule has 1 amide bonds. The average Bonchev–Trinajstić information content (AvgIpc) is 2.59. The third-order valence-electron chi connectivity index (χ3n) is 2.75. The number of amides is 1. The molecule has 2 atom stereocenters. The number of hydrogen-bond acceptors (Lipinski definition) is 4. The zero-order valence-electron chi connectivity index (χ0n) is 11.3. The lowest BCUT2D eigenvalue weighted by molar-refractivity contribution is -0.141. The molecule has 104 valence electrons. The van der Waals surface area contributed by atoms with Gasteiger partial charge in [-0.3, -0.25) is 4.79 Å². The molecule has 1 unspecified atom stereocenters. The summed E-state index contributed by atoms with van der Waals surface area (Å²) in [6, 6.07) is -0.231. The minimum absolute atomic E-state index is 0.179. The van der Waals surface area contributed by atoms with Crippen molar-refractivity contribution >= 4 is 12.1 Å². The zero-order chi connectivity index (χ0) is 13.9. The van der Waals surface area contributed by atoms with Gasteiger partial charge in [-0.2, -0.15) is 0 Å². The second-order valence-electron chi connectivity index (χ2n) is 5.51. The van der Waals surface area contributed by atoms with Crippen LogP contribution in [0.3, 0.4) is 0 Å². The van der Waals surface area contributed by atoms with Crippen LogP contribution in [-0.4, -0.2) is 54.0 Å². The number of nitrogens with zero attached hydrogens (tertiary/aromatic N) is 1. The van der Waals surface area contributed by atoms with E-state index in [-0.39, 0.29) is 12.6 Å². The van der Waals surface area contributed by atoms with E-state index < -0.39 is 23.6 Å². The van der Waals surface area contributed by atoms with Crippen molar-refractivity contribution in [3.63, 3.8) is 0 Å². The highest BCUT2D eigenvalue weighted by atomic mass is 16.6. The van der Waals surface area contributed by atoms with Gasteiger partial charge in [0.2, 0.25) is 0 Å². The monoisotopic (exact) mass is 259 g/mol. The van der Waals surface area contributed by atoms with Gasteiger partial charge in [0.1, 0.15) is 5.60 Å². The molecule has 0 aromatic rings. The third-order valence-corrected chi connectivity index (χ3v) is 2.75.